The van der Waals surface area contributed by atoms with E-state index in [1.165, 1.54) is 21.7 Å². The lowest BCUT2D eigenvalue weighted by Gasteiger charge is -2.33. The second-order valence-corrected chi connectivity index (χ2v) is 8.32. The Bertz CT molecular complexity index is 880. The molecule has 130 valence electrons. The van der Waals surface area contributed by atoms with Crippen LogP contribution in [0.5, 0.6) is 0 Å². The summed E-state index contributed by atoms with van der Waals surface area (Å²) >= 11 is 0. The minimum absolute atomic E-state index is 0.0133. The second-order valence-electron chi connectivity index (χ2n) is 6.34. The molecule has 1 aliphatic rings. The molecule has 2 aromatic rings. The summed E-state index contributed by atoms with van der Waals surface area (Å²) in [6, 6.07) is 4.07. The van der Waals surface area contributed by atoms with E-state index < -0.39 is 10.0 Å². The zero-order valence-electron chi connectivity index (χ0n) is 14.2. The number of benzene rings is 1. The molecule has 1 aromatic carbocycles. The Kier molecular flexibility index (Phi) is 4.35. The van der Waals surface area contributed by atoms with Crippen LogP contribution in [0.15, 0.2) is 18.5 Å². The van der Waals surface area contributed by atoms with Crippen LogP contribution in [-0.2, 0) is 21.4 Å². The Labute approximate surface area is 141 Å². The molecule has 0 saturated carbocycles. The van der Waals surface area contributed by atoms with Gasteiger partial charge in [0, 0.05) is 26.2 Å². The van der Waals surface area contributed by atoms with Crippen molar-refractivity contribution in [1.29, 1.82) is 0 Å². The van der Waals surface area contributed by atoms with Gasteiger partial charge in [-0.05, 0) is 37.1 Å². The molecule has 1 fully saturated rings. The van der Waals surface area contributed by atoms with Crippen molar-refractivity contribution in [1.82, 2.24) is 18.8 Å². The van der Waals surface area contributed by atoms with Crippen LogP contribution in [0.1, 0.15) is 11.1 Å². The van der Waals surface area contributed by atoms with Crippen LogP contribution in [0.25, 0.3) is 11.0 Å². The van der Waals surface area contributed by atoms with Gasteiger partial charge in [-0.1, -0.05) is 0 Å². The molecule has 2 heterocycles. The molecule has 24 heavy (non-hydrogen) atoms. The van der Waals surface area contributed by atoms with Gasteiger partial charge in [-0.15, -0.1) is 0 Å². The topological polar surface area (TPSA) is 75.5 Å². The number of hydrogen-bond donors (Lipinski definition) is 0. The summed E-state index contributed by atoms with van der Waals surface area (Å²) in [7, 11) is -3.18. The molecule has 1 aliphatic heterocycles. The third-order valence-electron chi connectivity index (χ3n) is 4.60. The van der Waals surface area contributed by atoms with Crippen molar-refractivity contribution in [2.45, 2.75) is 20.4 Å². The van der Waals surface area contributed by atoms with Gasteiger partial charge in [0.2, 0.25) is 15.9 Å². The van der Waals surface area contributed by atoms with Crippen LogP contribution < -0.4 is 0 Å². The lowest BCUT2D eigenvalue weighted by Crippen LogP contribution is -2.50. The molecule has 0 spiro atoms. The van der Waals surface area contributed by atoms with Gasteiger partial charge in [0.1, 0.15) is 6.54 Å². The number of aromatic nitrogens is 2. The molecule has 3 rings (SSSR count). The molecule has 0 unspecified atom stereocenters. The molecule has 1 aromatic heterocycles. The van der Waals surface area contributed by atoms with E-state index in [1.807, 2.05) is 30.5 Å². The molecule has 7 nitrogen and oxygen atoms in total. The number of nitrogens with zero attached hydrogens (tertiary/aromatic N) is 4. The first-order valence-electron chi connectivity index (χ1n) is 7.90. The highest BCUT2D eigenvalue weighted by Gasteiger charge is 2.26. The second kappa shape index (κ2) is 6.18. The number of carbonyl (C=O) groups excluding carboxylic acids is 1. The van der Waals surface area contributed by atoms with Gasteiger partial charge < -0.3 is 9.47 Å². The number of fused-ring (bicyclic) bond motifs is 1. The first-order chi connectivity index (χ1) is 11.3. The molecular weight excluding hydrogens is 328 g/mol. The highest BCUT2D eigenvalue weighted by atomic mass is 32.2. The Morgan fingerprint density at radius 3 is 2.38 bits per heavy atom. The predicted octanol–water partition coefficient (Wildman–Crippen LogP) is 0.757. The third kappa shape index (κ3) is 3.29. The number of sulfonamides is 1. The van der Waals surface area contributed by atoms with E-state index in [9.17, 15) is 13.2 Å². The van der Waals surface area contributed by atoms with Crippen LogP contribution >= 0.6 is 0 Å². The molecule has 0 radical (unpaired) electrons. The van der Waals surface area contributed by atoms with Crippen molar-refractivity contribution in [2.75, 3.05) is 32.4 Å². The van der Waals surface area contributed by atoms with Crippen molar-refractivity contribution in [3.8, 4) is 0 Å². The molecule has 0 N–H and O–H groups in total. The standard InChI is InChI=1S/C16H22N4O3S/c1-12-8-14-15(9-13(12)2)19(11-17-14)10-16(21)18-4-6-20(7-5-18)24(3,22)23/h8-9,11H,4-7,10H2,1-3H3. The van der Waals surface area contributed by atoms with E-state index in [1.54, 1.807) is 11.2 Å². The highest BCUT2D eigenvalue weighted by molar-refractivity contribution is 7.88. The number of carbonyl (C=O) groups is 1. The van der Waals surface area contributed by atoms with Gasteiger partial charge >= 0.3 is 0 Å². The van der Waals surface area contributed by atoms with Gasteiger partial charge in [-0.3, -0.25) is 4.79 Å². The number of aryl methyl sites for hydroxylation is 2. The summed E-state index contributed by atoms with van der Waals surface area (Å²) in [6.45, 7) is 5.87. The summed E-state index contributed by atoms with van der Waals surface area (Å²) in [6.07, 6.45) is 2.89. The summed E-state index contributed by atoms with van der Waals surface area (Å²) < 4.78 is 26.3. The largest absolute Gasteiger partial charge is 0.339 e. The zero-order valence-corrected chi connectivity index (χ0v) is 15.0. The normalized spacial score (nSPS) is 16.7. The lowest BCUT2D eigenvalue weighted by molar-refractivity contribution is -0.132. The fourth-order valence-electron chi connectivity index (χ4n) is 2.95. The summed E-state index contributed by atoms with van der Waals surface area (Å²) in [5, 5.41) is 0. The van der Waals surface area contributed by atoms with Crippen LogP contribution in [0.3, 0.4) is 0 Å². The van der Waals surface area contributed by atoms with E-state index in [0.29, 0.717) is 26.2 Å². The highest BCUT2D eigenvalue weighted by Crippen LogP contribution is 2.18. The molecule has 0 aliphatic carbocycles. The van der Waals surface area contributed by atoms with E-state index >= 15 is 0 Å². The molecular formula is C16H22N4O3S. The van der Waals surface area contributed by atoms with Crippen molar-refractivity contribution >= 4 is 27.0 Å². The van der Waals surface area contributed by atoms with Crippen molar-refractivity contribution in [3.63, 3.8) is 0 Å². The van der Waals surface area contributed by atoms with Gasteiger partial charge in [0.05, 0.1) is 23.6 Å². The van der Waals surface area contributed by atoms with Gasteiger partial charge in [-0.2, -0.15) is 4.31 Å². The van der Waals surface area contributed by atoms with Gasteiger partial charge in [0.15, 0.2) is 0 Å². The third-order valence-corrected chi connectivity index (χ3v) is 5.91. The fraction of sp³-hybridized carbons (Fsp3) is 0.500. The fourth-order valence-corrected chi connectivity index (χ4v) is 3.78. The maximum atomic E-state index is 12.5. The maximum absolute atomic E-state index is 12.5. The molecule has 0 bridgehead atoms. The van der Waals surface area contributed by atoms with E-state index in [0.717, 1.165) is 11.0 Å². The van der Waals surface area contributed by atoms with Gasteiger partial charge in [-0.25, -0.2) is 13.4 Å². The molecule has 1 amide bonds. The number of piperazine rings is 1. The first-order valence-corrected chi connectivity index (χ1v) is 9.75. The minimum atomic E-state index is -3.18. The lowest BCUT2D eigenvalue weighted by atomic mass is 10.1. The first kappa shape index (κ1) is 16.9. The van der Waals surface area contributed by atoms with Crippen molar-refractivity contribution < 1.29 is 13.2 Å². The molecule has 1 saturated heterocycles. The number of imidazole rings is 1. The van der Waals surface area contributed by atoms with Crippen LogP contribution in [0, 0.1) is 13.8 Å². The Hall–Kier alpha value is -1.93. The van der Waals surface area contributed by atoms with Crippen molar-refractivity contribution in [2.24, 2.45) is 0 Å². The van der Waals surface area contributed by atoms with E-state index in [-0.39, 0.29) is 12.5 Å². The number of rotatable bonds is 3. The predicted molar refractivity (Wildman–Crippen MR) is 92.2 cm³/mol. The van der Waals surface area contributed by atoms with E-state index in [4.69, 9.17) is 0 Å². The zero-order chi connectivity index (χ0) is 17.5. The van der Waals surface area contributed by atoms with Gasteiger partial charge in [0.25, 0.3) is 0 Å². The van der Waals surface area contributed by atoms with E-state index in [2.05, 4.69) is 4.98 Å². The van der Waals surface area contributed by atoms with Crippen LogP contribution in [0.2, 0.25) is 0 Å². The Morgan fingerprint density at radius 1 is 1.12 bits per heavy atom. The number of amides is 1. The van der Waals surface area contributed by atoms with Crippen LogP contribution in [-0.4, -0.2) is 65.5 Å². The average Bonchev–Trinajstić information content (AvgIpc) is 2.89. The number of hydrogen-bond acceptors (Lipinski definition) is 4. The Morgan fingerprint density at radius 2 is 1.75 bits per heavy atom. The quantitative estimate of drug-likeness (QED) is 0.819. The summed E-state index contributed by atoms with van der Waals surface area (Å²) in [5.41, 5.74) is 4.17. The monoisotopic (exact) mass is 350 g/mol. The molecule has 8 heteroatoms. The van der Waals surface area contributed by atoms with Crippen LogP contribution in [0.4, 0.5) is 0 Å². The SMILES string of the molecule is Cc1cc2ncn(CC(=O)N3CCN(S(C)(=O)=O)CC3)c2cc1C. The molecule has 0 atom stereocenters. The Balaban J connectivity index is 1.71. The summed E-state index contributed by atoms with van der Waals surface area (Å²) in [5.74, 6) is -0.0133. The maximum Gasteiger partial charge on any atom is 0.242 e. The smallest absolute Gasteiger partial charge is 0.242 e. The average molecular weight is 350 g/mol. The minimum Gasteiger partial charge on any atom is -0.339 e. The summed E-state index contributed by atoms with van der Waals surface area (Å²) in [4.78, 5) is 18.6. The van der Waals surface area contributed by atoms with Crippen molar-refractivity contribution in [3.05, 3.63) is 29.6 Å².